The zero-order valence-corrected chi connectivity index (χ0v) is 9.36. The van der Waals surface area contributed by atoms with E-state index in [1.807, 2.05) is 6.92 Å². The first-order valence-corrected chi connectivity index (χ1v) is 5.14. The summed E-state index contributed by atoms with van der Waals surface area (Å²) in [7, 11) is 0. The first-order chi connectivity index (χ1) is 7.70. The van der Waals surface area contributed by atoms with E-state index >= 15 is 0 Å². The van der Waals surface area contributed by atoms with Crippen molar-refractivity contribution < 1.29 is 19.1 Å². The number of ether oxygens (including phenoxy) is 2. The van der Waals surface area contributed by atoms with Gasteiger partial charge in [0.25, 0.3) is 5.78 Å². The molecule has 0 amide bonds. The first-order valence-electron chi connectivity index (χ1n) is 5.14. The molecule has 0 saturated heterocycles. The van der Waals surface area contributed by atoms with E-state index in [0.717, 1.165) is 0 Å². The second kappa shape index (κ2) is 5.90. The summed E-state index contributed by atoms with van der Waals surface area (Å²) in [5.74, 6) is -1.12. The van der Waals surface area contributed by atoms with E-state index in [-0.39, 0.29) is 12.2 Å². The van der Waals surface area contributed by atoms with Crippen LogP contribution < -0.4 is 4.74 Å². The van der Waals surface area contributed by atoms with Crippen molar-refractivity contribution in [2.75, 3.05) is 13.2 Å². The van der Waals surface area contributed by atoms with Crippen molar-refractivity contribution in [2.45, 2.75) is 13.8 Å². The lowest BCUT2D eigenvalue weighted by Gasteiger charge is -2.08. The maximum atomic E-state index is 11.7. The summed E-state index contributed by atoms with van der Waals surface area (Å²) < 4.78 is 9.90. The van der Waals surface area contributed by atoms with Crippen molar-refractivity contribution in [1.29, 1.82) is 0 Å². The number of hydrogen-bond acceptors (Lipinski definition) is 4. The molecular formula is C12H14O4. The van der Waals surface area contributed by atoms with Crippen molar-refractivity contribution in [3.63, 3.8) is 0 Å². The third-order valence-corrected chi connectivity index (χ3v) is 1.89. The number of carbonyl (C=O) groups is 2. The predicted octanol–water partition coefficient (Wildman–Crippen LogP) is 1.83. The van der Waals surface area contributed by atoms with Gasteiger partial charge in [-0.25, -0.2) is 4.79 Å². The number of hydrogen-bond donors (Lipinski definition) is 0. The molecule has 1 aromatic carbocycles. The van der Waals surface area contributed by atoms with E-state index in [9.17, 15) is 9.59 Å². The number of benzene rings is 1. The molecule has 1 rings (SSSR count). The molecule has 0 aromatic heterocycles. The molecule has 0 aliphatic heterocycles. The van der Waals surface area contributed by atoms with Crippen LogP contribution in [0.15, 0.2) is 24.3 Å². The van der Waals surface area contributed by atoms with Gasteiger partial charge in [-0.1, -0.05) is 12.1 Å². The Balaban J connectivity index is 2.94. The van der Waals surface area contributed by atoms with Crippen molar-refractivity contribution in [3.8, 4) is 5.75 Å². The van der Waals surface area contributed by atoms with Gasteiger partial charge in [0.05, 0.1) is 18.8 Å². The molecule has 16 heavy (non-hydrogen) atoms. The average molecular weight is 222 g/mol. The lowest BCUT2D eigenvalue weighted by Crippen LogP contribution is -2.18. The van der Waals surface area contributed by atoms with Crippen molar-refractivity contribution in [1.82, 2.24) is 0 Å². The van der Waals surface area contributed by atoms with Crippen LogP contribution in [0.3, 0.4) is 0 Å². The Morgan fingerprint density at radius 1 is 1.12 bits per heavy atom. The van der Waals surface area contributed by atoms with Crippen LogP contribution in [0.2, 0.25) is 0 Å². The molecular weight excluding hydrogens is 208 g/mol. The van der Waals surface area contributed by atoms with Gasteiger partial charge in [0.15, 0.2) is 0 Å². The zero-order chi connectivity index (χ0) is 12.0. The summed E-state index contributed by atoms with van der Waals surface area (Å²) in [4.78, 5) is 22.9. The Hall–Kier alpha value is -1.84. The van der Waals surface area contributed by atoms with E-state index in [4.69, 9.17) is 4.74 Å². The molecule has 0 aliphatic rings. The van der Waals surface area contributed by atoms with Crippen LogP contribution in [0.4, 0.5) is 0 Å². The molecule has 0 atom stereocenters. The Kier molecular flexibility index (Phi) is 4.51. The minimum Gasteiger partial charge on any atom is -0.493 e. The summed E-state index contributed by atoms with van der Waals surface area (Å²) in [5.41, 5.74) is 0.239. The smallest absolute Gasteiger partial charge is 0.379 e. The molecule has 0 heterocycles. The Labute approximate surface area is 94.2 Å². The highest BCUT2D eigenvalue weighted by Crippen LogP contribution is 2.18. The molecule has 4 heteroatoms. The molecule has 1 aromatic rings. The molecule has 4 nitrogen and oxygen atoms in total. The fraction of sp³-hybridized carbons (Fsp3) is 0.333. The van der Waals surface area contributed by atoms with Crippen molar-refractivity contribution in [2.24, 2.45) is 0 Å². The van der Waals surface area contributed by atoms with Crippen LogP contribution in [-0.4, -0.2) is 25.0 Å². The summed E-state index contributed by atoms with van der Waals surface area (Å²) in [5, 5.41) is 0. The topological polar surface area (TPSA) is 52.6 Å². The predicted molar refractivity (Wildman–Crippen MR) is 58.6 cm³/mol. The number of para-hydroxylation sites is 1. The van der Waals surface area contributed by atoms with E-state index in [0.29, 0.717) is 12.4 Å². The van der Waals surface area contributed by atoms with E-state index in [1.165, 1.54) is 0 Å². The fourth-order valence-electron chi connectivity index (χ4n) is 1.24. The molecule has 0 bridgehead atoms. The van der Waals surface area contributed by atoms with Gasteiger partial charge < -0.3 is 9.47 Å². The average Bonchev–Trinajstić information content (AvgIpc) is 2.29. The van der Waals surface area contributed by atoms with E-state index in [1.54, 1.807) is 31.2 Å². The van der Waals surface area contributed by atoms with Crippen LogP contribution in [0.25, 0.3) is 0 Å². The highest BCUT2D eigenvalue weighted by molar-refractivity contribution is 6.41. The zero-order valence-electron chi connectivity index (χ0n) is 9.36. The minimum absolute atomic E-state index is 0.182. The summed E-state index contributed by atoms with van der Waals surface area (Å²) in [6.07, 6.45) is 0. The van der Waals surface area contributed by atoms with Crippen LogP contribution in [0.1, 0.15) is 24.2 Å². The normalized spacial score (nSPS) is 9.62. The SMILES string of the molecule is CCOC(=O)C(=O)c1ccccc1OCC. The van der Waals surface area contributed by atoms with Gasteiger partial charge in [0.1, 0.15) is 5.75 Å². The van der Waals surface area contributed by atoms with Gasteiger partial charge in [0, 0.05) is 0 Å². The van der Waals surface area contributed by atoms with Gasteiger partial charge in [-0.05, 0) is 26.0 Å². The fourth-order valence-corrected chi connectivity index (χ4v) is 1.24. The maximum Gasteiger partial charge on any atom is 0.379 e. The van der Waals surface area contributed by atoms with Gasteiger partial charge >= 0.3 is 5.97 Å². The maximum absolute atomic E-state index is 11.7. The van der Waals surface area contributed by atoms with E-state index < -0.39 is 11.8 Å². The Bertz CT molecular complexity index is 384. The van der Waals surface area contributed by atoms with Crippen LogP contribution in [-0.2, 0) is 9.53 Å². The van der Waals surface area contributed by atoms with Gasteiger partial charge in [-0.2, -0.15) is 0 Å². The largest absolute Gasteiger partial charge is 0.493 e. The quantitative estimate of drug-likeness (QED) is 0.433. The third-order valence-electron chi connectivity index (χ3n) is 1.89. The molecule has 0 spiro atoms. The number of esters is 1. The molecule has 0 fully saturated rings. The molecule has 0 saturated carbocycles. The summed E-state index contributed by atoms with van der Waals surface area (Å²) >= 11 is 0. The van der Waals surface area contributed by atoms with Crippen molar-refractivity contribution >= 4 is 11.8 Å². The number of rotatable bonds is 5. The van der Waals surface area contributed by atoms with Crippen LogP contribution in [0, 0.1) is 0 Å². The molecule has 86 valence electrons. The lowest BCUT2D eigenvalue weighted by atomic mass is 10.1. The Morgan fingerprint density at radius 3 is 2.44 bits per heavy atom. The standard InChI is InChI=1S/C12H14O4/c1-3-15-10-8-6-5-7-9(10)11(13)12(14)16-4-2/h5-8H,3-4H2,1-2H3. The van der Waals surface area contributed by atoms with Gasteiger partial charge in [0.2, 0.25) is 0 Å². The third kappa shape index (κ3) is 2.82. The van der Waals surface area contributed by atoms with Gasteiger partial charge in [-0.3, -0.25) is 4.79 Å². The van der Waals surface area contributed by atoms with E-state index in [2.05, 4.69) is 4.74 Å². The highest BCUT2D eigenvalue weighted by Gasteiger charge is 2.20. The monoisotopic (exact) mass is 222 g/mol. The highest BCUT2D eigenvalue weighted by atomic mass is 16.5. The summed E-state index contributed by atoms with van der Waals surface area (Å²) in [6, 6.07) is 6.61. The number of carbonyl (C=O) groups excluding carboxylic acids is 2. The molecule has 0 aliphatic carbocycles. The first kappa shape index (κ1) is 12.2. The molecule has 0 unspecified atom stereocenters. The summed E-state index contributed by atoms with van der Waals surface area (Å²) in [6.45, 7) is 4.08. The minimum atomic E-state index is -0.852. The molecule has 0 N–H and O–H groups in total. The van der Waals surface area contributed by atoms with Gasteiger partial charge in [-0.15, -0.1) is 0 Å². The van der Waals surface area contributed by atoms with Crippen LogP contribution >= 0.6 is 0 Å². The molecule has 0 radical (unpaired) electrons. The van der Waals surface area contributed by atoms with Crippen LogP contribution in [0.5, 0.6) is 5.75 Å². The number of ketones is 1. The Morgan fingerprint density at radius 2 is 1.81 bits per heavy atom. The van der Waals surface area contributed by atoms with Crippen molar-refractivity contribution in [3.05, 3.63) is 29.8 Å². The lowest BCUT2D eigenvalue weighted by molar-refractivity contribution is -0.137. The number of Topliss-reactive ketones (excluding diaryl/α,β-unsaturated/α-hetero) is 1. The second-order valence-corrected chi connectivity index (χ2v) is 2.98. The second-order valence-electron chi connectivity index (χ2n) is 2.98.